The molecule has 19 heavy (non-hydrogen) atoms. The van der Waals surface area contributed by atoms with Gasteiger partial charge in [-0.1, -0.05) is 13.8 Å². The summed E-state index contributed by atoms with van der Waals surface area (Å²) >= 11 is 0. The molecule has 0 aliphatic rings. The topological polar surface area (TPSA) is 61.8 Å². The molecule has 0 aliphatic heterocycles. The third kappa shape index (κ3) is 4.44. The van der Waals surface area contributed by atoms with Crippen LogP contribution in [0.2, 0.25) is 0 Å². The summed E-state index contributed by atoms with van der Waals surface area (Å²) in [5.74, 6) is -0.289. The lowest BCUT2D eigenvalue weighted by molar-refractivity contribution is 0.0698. The number of methoxy groups -OCH3 is 1. The molecule has 0 fully saturated rings. The van der Waals surface area contributed by atoms with E-state index in [4.69, 9.17) is 9.84 Å². The standard InChI is InChI=1S/C14H22N2O3/c1-4-16(5-2)9-8-15-13-10-11(19-3)6-7-12(13)14(17)18/h6-7,10,15H,4-5,8-9H2,1-3H3,(H,17,18). The second-order valence-electron chi connectivity index (χ2n) is 4.17. The number of nitrogens with zero attached hydrogens (tertiary/aromatic N) is 1. The lowest BCUT2D eigenvalue weighted by atomic mass is 10.1. The van der Waals surface area contributed by atoms with Crippen LogP contribution in [0.15, 0.2) is 18.2 Å². The van der Waals surface area contributed by atoms with Gasteiger partial charge in [0.05, 0.1) is 18.4 Å². The Balaban J connectivity index is 2.72. The van der Waals surface area contributed by atoms with Gasteiger partial charge in [0.2, 0.25) is 0 Å². The summed E-state index contributed by atoms with van der Waals surface area (Å²) in [6, 6.07) is 4.92. The highest BCUT2D eigenvalue weighted by atomic mass is 16.5. The van der Waals surface area contributed by atoms with E-state index < -0.39 is 5.97 Å². The Morgan fingerprint density at radius 1 is 1.37 bits per heavy atom. The van der Waals surface area contributed by atoms with Crippen LogP contribution in [-0.2, 0) is 0 Å². The van der Waals surface area contributed by atoms with E-state index in [-0.39, 0.29) is 5.56 Å². The third-order valence-corrected chi connectivity index (χ3v) is 3.10. The number of carboxylic acids is 1. The van der Waals surface area contributed by atoms with Crippen molar-refractivity contribution in [3.8, 4) is 5.75 Å². The first-order chi connectivity index (χ1) is 9.12. The van der Waals surface area contributed by atoms with Gasteiger partial charge >= 0.3 is 5.97 Å². The first-order valence-corrected chi connectivity index (χ1v) is 6.49. The van der Waals surface area contributed by atoms with Crippen molar-refractivity contribution in [2.24, 2.45) is 0 Å². The van der Waals surface area contributed by atoms with Crippen molar-refractivity contribution in [1.29, 1.82) is 0 Å². The lowest BCUT2D eigenvalue weighted by Crippen LogP contribution is -2.28. The molecule has 0 amide bonds. The number of benzene rings is 1. The Labute approximate surface area is 114 Å². The highest BCUT2D eigenvalue weighted by molar-refractivity contribution is 5.94. The minimum absolute atomic E-state index is 0.264. The van der Waals surface area contributed by atoms with Gasteiger partial charge in [-0.2, -0.15) is 0 Å². The average molecular weight is 266 g/mol. The molecule has 0 saturated heterocycles. The smallest absolute Gasteiger partial charge is 0.337 e. The number of carbonyl (C=O) groups is 1. The minimum atomic E-state index is -0.937. The van der Waals surface area contributed by atoms with Gasteiger partial charge in [-0.05, 0) is 25.2 Å². The number of hydrogen-bond donors (Lipinski definition) is 2. The Morgan fingerprint density at radius 3 is 2.58 bits per heavy atom. The zero-order valence-electron chi connectivity index (χ0n) is 11.8. The molecular formula is C14H22N2O3. The molecular weight excluding hydrogens is 244 g/mol. The highest BCUT2D eigenvalue weighted by Gasteiger charge is 2.11. The van der Waals surface area contributed by atoms with Crippen LogP contribution < -0.4 is 10.1 Å². The van der Waals surface area contributed by atoms with Gasteiger partial charge in [0.25, 0.3) is 0 Å². The Morgan fingerprint density at radius 2 is 2.05 bits per heavy atom. The van der Waals surface area contributed by atoms with E-state index in [0.29, 0.717) is 18.0 Å². The van der Waals surface area contributed by atoms with E-state index in [9.17, 15) is 4.79 Å². The fraction of sp³-hybridized carbons (Fsp3) is 0.500. The highest BCUT2D eigenvalue weighted by Crippen LogP contribution is 2.22. The normalized spacial score (nSPS) is 10.5. The van der Waals surface area contributed by atoms with Crippen molar-refractivity contribution < 1.29 is 14.6 Å². The van der Waals surface area contributed by atoms with Gasteiger partial charge in [0, 0.05) is 19.2 Å². The van der Waals surface area contributed by atoms with E-state index in [1.165, 1.54) is 0 Å². The Kier molecular flexibility index (Phi) is 6.15. The minimum Gasteiger partial charge on any atom is -0.497 e. The molecule has 0 heterocycles. The number of nitrogens with one attached hydrogen (secondary N) is 1. The summed E-state index contributed by atoms with van der Waals surface area (Å²) in [6.07, 6.45) is 0. The summed E-state index contributed by atoms with van der Waals surface area (Å²) in [4.78, 5) is 13.4. The molecule has 0 saturated carbocycles. The third-order valence-electron chi connectivity index (χ3n) is 3.10. The van der Waals surface area contributed by atoms with Crippen molar-refractivity contribution in [2.75, 3.05) is 38.6 Å². The number of likely N-dealkylation sites (N-methyl/N-ethyl adjacent to an activating group) is 1. The van der Waals surface area contributed by atoms with Gasteiger partial charge in [0.15, 0.2) is 0 Å². The fourth-order valence-electron chi connectivity index (χ4n) is 1.87. The van der Waals surface area contributed by atoms with Crippen molar-refractivity contribution >= 4 is 11.7 Å². The monoisotopic (exact) mass is 266 g/mol. The molecule has 1 aromatic rings. The van der Waals surface area contributed by atoms with E-state index >= 15 is 0 Å². The van der Waals surface area contributed by atoms with E-state index in [1.807, 2.05) is 0 Å². The van der Waals surface area contributed by atoms with Crippen LogP contribution in [0.5, 0.6) is 5.75 Å². The molecule has 2 N–H and O–H groups in total. The van der Waals surface area contributed by atoms with Gasteiger partial charge in [0.1, 0.15) is 5.75 Å². The van der Waals surface area contributed by atoms with E-state index in [1.54, 1.807) is 25.3 Å². The maximum absolute atomic E-state index is 11.1. The lowest BCUT2D eigenvalue weighted by Gasteiger charge is -2.19. The van der Waals surface area contributed by atoms with Crippen LogP contribution in [0.1, 0.15) is 24.2 Å². The van der Waals surface area contributed by atoms with Crippen molar-refractivity contribution in [3.63, 3.8) is 0 Å². The van der Waals surface area contributed by atoms with Crippen molar-refractivity contribution in [1.82, 2.24) is 4.90 Å². The molecule has 1 aromatic carbocycles. The van der Waals surface area contributed by atoms with Gasteiger partial charge < -0.3 is 20.1 Å². The molecule has 0 atom stereocenters. The molecule has 106 valence electrons. The number of hydrogen-bond acceptors (Lipinski definition) is 4. The number of ether oxygens (including phenoxy) is 1. The summed E-state index contributed by atoms with van der Waals surface area (Å²) in [6.45, 7) is 7.78. The van der Waals surface area contributed by atoms with Crippen LogP contribution >= 0.6 is 0 Å². The molecule has 0 aliphatic carbocycles. The van der Waals surface area contributed by atoms with E-state index in [0.717, 1.165) is 19.6 Å². The summed E-state index contributed by atoms with van der Waals surface area (Å²) in [5, 5.41) is 12.3. The van der Waals surface area contributed by atoms with Crippen LogP contribution in [0.3, 0.4) is 0 Å². The molecule has 0 bridgehead atoms. The molecule has 0 spiro atoms. The number of anilines is 1. The zero-order valence-corrected chi connectivity index (χ0v) is 11.8. The van der Waals surface area contributed by atoms with Gasteiger partial charge in [-0.15, -0.1) is 0 Å². The SMILES string of the molecule is CCN(CC)CCNc1cc(OC)ccc1C(=O)O. The van der Waals surface area contributed by atoms with Gasteiger partial charge in [-0.3, -0.25) is 0 Å². The predicted molar refractivity (Wildman–Crippen MR) is 76.2 cm³/mol. The maximum Gasteiger partial charge on any atom is 0.337 e. The summed E-state index contributed by atoms with van der Waals surface area (Å²) in [7, 11) is 1.56. The Bertz CT molecular complexity index is 417. The predicted octanol–water partition coefficient (Wildman–Crippen LogP) is 2.15. The van der Waals surface area contributed by atoms with Crippen LogP contribution in [-0.4, -0.2) is 49.3 Å². The molecule has 0 unspecified atom stereocenters. The quantitative estimate of drug-likeness (QED) is 0.755. The number of aromatic carboxylic acids is 1. The van der Waals surface area contributed by atoms with Gasteiger partial charge in [-0.25, -0.2) is 4.79 Å². The second kappa shape index (κ2) is 7.63. The summed E-state index contributed by atoms with van der Waals surface area (Å²) in [5.41, 5.74) is 0.861. The van der Waals surface area contributed by atoms with Crippen LogP contribution in [0, 0.1) is 0 Å². The van der Waals surface area contributed by atoms with Crippen LogP contribution in [0.25, 0.3) is 0 Å². The number of rotatable bonds is 8. The number of carboxylic acid groups (broad SMARTS) is 1. The largest absolute Gasteiger partial charge is 0.497 e. The second-order valence-corrected chi connectivity index (χ2v) is 4.17. The zero-order chi connectivity index (χ0) is 14.3. The van der Waals surface area contributed by atoms with E-state index in [2.05, 4.69) is 24.1 Å². The van der Waals surface area contributed by atoms with Crippen LogP contribution in [0.4, 0.5) is 5.69 Å². The molecule has 1 rings (SSSR count). The van der Waals surface area contributed by atoms with Crippen molar-refractivity contribution in [3.05, 3.63) is 23.8 Å². The van der Waals surface area contributed by atoms with Crippen molar-refractivity contribution in [2.45, 2.75) is 13.8 Å². The molecule has 0 aromatic heterocycles. The molecule has 0 radical (unpaired) electrons. The first kappa shape index (κ1) is 15.3. The first-order valence-electron chi connectivity index (χ1n) is 6.49. The Hall–Kier alpha value is -1.75. The maximum atomic E-state index is 11.1. The average Bonchev–Trinajstić information content (AvgIpc) is 2.43. The molecule has 5 nitrogen and oxygen atoms in total. The summed E-state index contributed by atoms with van der Waals surface area (Å²) < 4.78 is 5.12. The molecule has 5 heteroatoms. The fourth-order valence-corrected chi connectivity index (χ4v) is 1.87.